The van der Waals surface area contributed by atoms with Crippen LogP contribution >= 0.6 is 0 Å². The van der Waals surface area contributed by atoms with E-state index in [-0.39, 0.29) is 11.9 Å². The number of rotatable bonds is 2. The van der Waals surface area contributed by atoms with E-state index in [1.54, 1.807) is 0 Å². The molecule has 1 heterocycles. The monoisotopic (exact) mass is 257 g/mol. The van der Waals surface area contributed by atoms with Gasteiger partial charge < -0.3 is 9.72 Å². The number of aromatic amines is 1. The number of carbonyl (C=O) groups excluding carboxylic acids is 1. The van der Waals surface area contributed by atoms with Gasteiger partial charge in [-0.15, -0.1) is 0 Å². The van der Waals surface area contributed by atoms with Crippen LogP contribution in [0.4, 0.5) is 0 Å². The molecule has 1 aromatic carbocycles. The quantitative estimate of drug-likeness (QED) is 0.835. The standard InChI is InChI=1S/C16H19NO2/c1-16(2,3)19-15(18)13-9-12(13)10-5-4-6-14-11(10)7-8-17-14/h4-8,12-13,17H,9H2,1-3H3. The van der Waals surface area contributed by atoms with Crippen LogP contribution < -0.4 is 0 Å². The molecule has 1 saturated carbocycles. The molecule has 0 radical (unpaired) electrons. The van der Waals surface area contributed by atoms with E-state index in [2.05, 4.69) is 23.2 Å². The summed E-state index contributed by atoms with van der Waals surface area (Å²) in [6, 6.07) is 8.29. The minimum Gasteiger partial charge on any atom is -0.460 e. The highest BCUT2D eigenvalue weighted by atomic mass is 16.6. The number of hydrogen-bond acceptors (Lipinski definition) is 2. The number of esters is 1. The Morgan fingerprint density at radius 2 is 2.11 bits per heavy atom. The third-order valence-electron chi connectivity index (χ3n) is 3.53. The number of aromatic nitrogens is 1. The van der Waals surface area contributed by atoms with E-state index in [0.717, 1.165) is 11.9 Å². The number of hydrogen-bond donors (Lipinski definition) is 1. The van der Waals surface area contributed by atoms with Crippen molar-refractivity contribution in [3.05, 3.63) is 36.0 Å². The molecule has 100 valence electrons. The van der Waals surface area contributed by atoms with Gasteiger partial charge >= 0.3 is 5.97 Å². The second-order valence-corrected chi connectivity index (χ2v) is 6.27. The summed E-state index contributed by atoms with van der Waals surface area (Å²) >= 11 is 0. The summed E-state index contributed by atoms with van der Waals surface area (Å²) in [5.41, 5.74) is 1.99. The fraction of sp³-hybridized carbons (Fsp3) is 0.438. The molecule has 0 aliphatic heterocycles. The second kappa shape index (κ2) is 4.12. The molecule has 0 spiro atoms. The van der Waals surface area contributed by atoms with Crippen LogP contribution in [0.2, 0.25) is 0 Å². The lowest BCUT2D eigenvalue weighted by Gasteiger charge is -2.19. The molecular formula is C16H19NO2. The van der Waals surface area contributed by atoms with Crippen molar-refractivity contribution < 1.29 is 9.53 Å². The van der Waals surface area contributed by atoms with E-state index in [4.69, 9.17) is 4.74 Å². The van der Waals surface area contributed by atoms with Crippen molar-refractivity contribution in [2.45, 2.75) is 38.7 Å². The Kier molecular flexibility index (Phi) is 2.66. The zero-order valence-corrected chi connectivity index (χ0v) is 11.6. The first-order valence-electron chi connectivity index (χ1n) is 6.74. The molecule has 3 rings (SSSR count). The maximum atomic E-state index is 12.0. The normalized spacial score (nSPS) is 22.5. The number of benzene rings is 1. The minimum absolute atomic E-state index is 0.0275. The van der Waals surface area contributed by atoms with Gasteiger partial charge in [0.2, 0.25) is 0 Å². The lowest BCUT2D eigenvalue weighted by atomic mass is 10.0. The lowest BCUT2D eigenvalue weighted by Crippen LogP contribution is -2.25. The Labute approximate surface area is 113 Å². The third-order valence-corrected chi connectivity index (χ3v) is 3.53. The fourth-order valence-electron chi connectivity index (χ4n) is 2.61. The van der Waals surface area contributed by atoms with Gasteiger partial charge in [0.1, 0.15) is 5.60 Å². The molecule has 2 unspecified atom stereocenters. The molecule has 2 aromatic rings. The van der Waals surface area contributed by atoms with Gasteiger partial charge in [-0.1, -0.05) is 12.1 Å². The van der Waals surface area contributed by atoms with Gasteiger partial charge in [0.15, 0.2) is 0 Å². The van der Waals surface area contributed by atoms with Crippen LogP contribution in [0.5, 0.6) is 0 Å². The summed E-state index contributed by atoms with van der Waals surface area (Å²) in [5, 5.41) is 1.22. The maximum Gasteiger partial charge on any atom is 0.310 e. The first-order chi connectivity index (χ1) is 8.96. The van der Waals surface area contributed by atoms with Crippen molar-refractivity contribution in [2.75, 3.05) is 0 Å². The first-order valence-corrected chi connectivity index (χ1v) is 6.74. The average Bonchev–Trinajstić information content (AvgIpc) is 2.96. The molecular weight excluding hydrogens is 238 g/mol. The van der Waals surface area contributed by atoms with Crippen LogP contribution in [-0.2, 0) is 9.53 Å². The van der Waals surface area contributed by atoms with Gasteiger partial charge in [-0.3, -0.25) is 4.79 Å². The zero-order valence-electron chi connectivity index (χ0n) is 11.6. The smallest absolute Gasteiger partial charge is 0.310 e. The lowest BCUT2D eigenvalue weighted by molar-refractivity contribution is -0.156. The van der Waals surface area contributed by atoms with E-state index < -0.39 is 5.60 Å². The average molecular weight is 257 g/mol. The molecule has 1 aromatic heterocycles. The molecule has 1 aliphatic carbocycles. The van der Waals surface area contributed by atoms with Crippen LogP contribution in [0.3, 0.4) is 0 Å². The van der Waals surface area contributed by atoms with Crippen molar-refractivity contribution in [1.29, 1.82) is 0 Å². The summed E-state index contributed by atoms with van der Waals surface area (Å²) in [6.07, 6.45) is 2.85. The highest BCUT2D eigenvalue weighted by Gasteiger charge is 2.46. The topological polar surface area (TPSA) is 42.1 Å². The summed E-state index contributed by atoms with van der Waals surface area (Å²) < 4.78 is 5.46. The van der Waals surface area contributed by atoms with E-state index in [0.29, 0.717) is 5.92 Å². The van der Waals surface area contributed by atoms with Crippen LogP contribution in [0.15, 0.2) is 30.5 Å². The Bertz CT molecular complexity index is 621. The maximum absolute atomic E-state index is 12.0. The third kappa shape index (κ3) is 2.37. The molecule has 1 N–H and O–H groups in total. The molecule has 0 amide bonds. The highest BCUT2D eigenvalue weighted by Crippen LogP contribution is 2.50. The fourth-order valence-corrected chi connectivity index (χ4v) is 2.61. The van der Waals surface area contributed by atoms with Crippen molar-refractivity contribution in [2.24, 2.45) is 5.92 Å². The number of carbonyl (C=O) groups is 1. The Hall–Kier alpha value is -1.77. The Balaban J connectivity index is 1.80. The molecule has 19 heavy (non-hydrogen) atoms. The van der Waals surface area contributed by atoms with Crippen LogP contribution in [0.25, 0.3) is 10.9 Å². The van der Waals surface area contributed by atoms with Gasteiger partial charge in [-0.05, 0) is 50.8 Å². The summed E-state index contributed by atoms with van der Waals surface area (Å²) in [5.74, 6) is 0.277. The predicted octanol–water partition coefficient (Wildman–Crippen LogP) is 3.61. The first kappa shape index (κ1) is 12.3. The molecule has 1 fully saturated rings. The van der Waals surface area contributed by atoms with E-state index >= 15 is 0 Å². The Morgan fingerprint density at radius 1 is 1.32 bits per heavy atom. The van der Waals surface area contributed by atoms with Crippen molar-refractivity contribution in [3.63, 3.8) is 0 Å². The number of nitrogens with one attached hydrogen (secondary N) is 1. The number of fused-ring (bicyclic) bond motifs is 1. The van der Waals surface area contributed by atoms with Gasteiger partial charge in [-0.2, -0.15) is 0 Å². The largest absolute Gasteiger partial charge is 0.460 e. The second-order valence-electron chi connectivity index (χ2n) is 6.27. The predicted molar refractivity (Wildman–Crippen MR) is 75.0 cm³/mol. The highest BCUT2D eigenvalue weighted by molar-refractivity contribution is 5.86. The van der Waals surface area contributed by atoms with E-state index in [1.165, 1.54) is 10.9 Å². The zero-order chi connectivity index (χ0) is 13.6. The summed E-state index contributed by atoms with van der Waals surface area (Å²) in [7, 11) is 0. The van der Waals surface area contributed by atoms with E-state index in [1.807, 2.05) is 33.0 Å². The number of H-pyrrole nitrogens is 1. The van der Waals surface area contributed by atoms with Crippen LogP contribution in [0.1, 0.15) is 38.7 Å². The SMILES string of the molecule is CC(C)(C)OC(=O)C1CC1c1cccc2[nH]ccc12. The molecule has 0 bridgehead atoms. The van der Waals surface area contributed by atoms with Gasteiger partial charge in [0, 0.05) is 17.1 Å². The minimum atomic E-state index is -0.398. The molecule has 3 heteroatoms. The van der Waals surface area contributed by atoms with Crippen molar-refractivity contribution in [3.8, 4) is 0 Å². The van der Waals surface area contributed by atoms with Crippen molar-refractivity contribution >= 4 is 16.9 Å². The van der Waals surface area contributed by atoms with Gasteiger partial charge in [0.05, 0.1) is 5.92 Å². The van der Waals surface area contributed by atoms with Gasteiger partial charge in [-0.25, -0.2) is 0 Å². The van der Waals surface area contributed by atoms with Crippen LogP contribution in [-0.4, -0.2) is 16.6 Å². The van der Waals surface area contributed by atoms with Crippen molar-refractivity contribution in [1.82, 2.24) is 4.98 Å². The van der Waals surface area contributed by atoms with Gasteiger partial charge in [0.25, 0.3) is 0 Å². The Morgan fingerprint density at radius 3 is 2.84 bits per heavy atom. The van der Waals surface area contributed by atoms with Crippen LogP contribution in [0, 0.1) is 5.92 Å². The molecule has 3 nitrogen and oxygen atoms in total. The summed E-state index contributed by atoms with van der Waals surface area (Å²) in [4.78, 5) is 15.3. The number of ether oxygens (including phenoxy) is 1. The molecule has 1 aliphatic rings. The molecule has 2 atom stereocenters. The molecule has 0 saturated heterocycles. The van der Waals surface area contributed by atoms with E-state index in [9.17, 15) is 4.79 Å². The summed E-state index contributed by atoms with van der Waals surface area (Å²) in [6.45, 7) is 5.74.